The van der Waals surface area contributed by atoms with Gasteiger partial charge < -0.3 is 10.1 Å². The summed E-state index contributed by atoms with van der Waals surface area (Å²) in [5, 5.41) is 18.8. The number of methoxy groups -OCH3 is 1. The van der Waals surface area contributed by atoms with Crippen LogP contribution in [-0.2, 0) is 4.79 Å². The number of carbonyl (C=O) groups excluding carboxylic acids is 1. The van der Waals surface area contributed by atoms with Gasteiger partial charge >= 0.3 is 0 Å². The number of amides is 1. The minimum atomic E-state index is -0.576. The highest BCUT2D eigenvalue weighted by atomic mass is 19.1. The maximum atomic E-state index is 13.1. The molecule has 7 heteroatoms. The second kappa shape index (κ2) is 7.97. The van der Waals surface area contributed by atoms with Gasteiger partial charge in [0.25, 0.3) is 5.91 Å². The predicted octanol–water partition coefficient (Wildman–Crippen LogP) is 3.77. The molecule has 0 unspecified atom stereocenters. The van der Waals surface area contributed by atoms with Gasteiger partial charge in [-0.2, -0.15) is 10.4 Å². The first kappa shape index (κ1) is 17.9. The molecule has 3 rings (SSSR count). The number of aromatic amines is 1. The molecule has 0 aliphatic carbocycles. The van der Waals surface area contributed by atoms with Crippen LogP contribution in [0.3, 0.4) is 0 Å². The van der Waals surface area contributed by atoms with Gasteiger partial charge in [0.15, 0.2) is 0 Å². The summed E-state index contributed by atoms with van der Waals surface area (Å²) in [6, 6.07) is 14.6. The fourth-order valence-corrected chi connectivity index (χ4v) is 2.49. The molecular formula is C20H15FN4O2. The van der Waals surface area contributed by atoms with E-state index in [-0.39, 0.29) is 11.4 Å². The van der Waals surface area contributed by atoms with Crippen molar-refractivity contribution < 1.29 is 13.9 Å². The van der Waals surface area contributed by atoms with Crippen molar-refractivity contribution >= 4 is 17.7 Å². The molecule has 0 atom stereocenters. The second-order valence-electron chi connectivity index (χ2n) is 5.53. The van der Waals surface area contributed by atoms with Gasteiger partial charge in [-0.3, -0.25) is 9.89 Å². The summed E-state index contributed by atoms with van der Waals surface area (Å²) in [5.74, 6) is -0.448. The van der Waals surface area contributed by atoms with Crippen LogP contribution >= 0.6 is 0 Å². The molecule has 0 fully saturated rings. The molecule has 0 saturated heterocycles. The Kier molecular flexibility index (Phi) is 5.28. The van der Waals surface area contributed by atoms with Crippen LogP contribution in [0.25, 0.3) is 17.3 Å². The van der Waals surface area contributed by atoms with E-state index in [1.165, 1.54) is 31.5 Å². The summed E-state index contributed by atoms with van der Waals surface area (Å²) in [5.41, 5.74) is 2.14. The van der Waals surface area contributed by atoms with Crippen LogP contribution in [0.2, 0.25) is 0 Å². The van der Waals surface area contributed by atoms with E-state index in [1.54, 1.807) is 36.4 Å². The van der Waals surface area contributed by atoms with Crippen LogP contribution < -0.4 is 10.1 Å². The van der Waals surface area contributed by atoms with E-state index in [4.69, 9.17) is 4.74 Å². The van der Waals surface area contributed by atoms with Gasteiger partial charge in [0.1, 0.15) is 23.2 Å². The van der Waals surface area contributed by atoms with Gasteiger partial charge in [-0.1, -0.05) is 12.1 Å². The van der Waals surface area contributed by atoms with E-state index in [0.717, 1.165) is 0 Å². The Morgan fingerprint density at radius 1 is 1.26 bits per heavy atom. The lowest BCUT2D eigenvalue weighted by Crippen LogP contribution is -2.14. The lowest BCUT2D eigenvalue weighted by molar-refractivity contribution is -0.112. The Labute approximate surface area is 154 Å². The number of nitriles is 1. The average Bonchev–Trinajstić information content (AvgIpc) is 3.15. The Morgan fingerprint density at radius 2 is 2.00 bits per heavy atom. The van der Waals surface area contributed by atoms with Crippen LogP contribution in [0.5, 0.6) is 5.75 Å². The number of hydrogen-bond donors (Lipinski definition) is 2. The number of aromatic nitrogens is 2. The number of hydrogen-bond acceptors (Lipinski definition) is 4. The molecule has 0 radical (unpaired) electrons. The van der Waals surface area contributed by atoms with Crippen molar-refractivity contribution in [1.82, 2.24) is 10.2 Å². The first-order valence-corrected chi connectivity index (χ1v) is 7.98. The van der Waals surface area contributed by atoms with Gasteiger partial charge in [0.2, 0.25) is 0 Å². The monoisotopic (exact) mass is 362 g/mol. The molecule has 1 amide bonds. The van der Waals surface area contributed by atoms with Gasteiger partial charge in [-0.25, -0.2) is 4.39 Å². The summed E-state index contributed by atoms with van der Waals surface area (Å²) < 4.78 is 18.3. The van der Waals surface area contributed by atoms with Crippen molar-refractivity contribution in [3.8, 4) is 23.1 Å². The van der Waals surface area contributed by atoms with Crippen molar-refractivity contribution in [2.24, 2.45) is 0 Å². The van der Waals surface area contributed by atoms with Crippen LogP contribution in [0.1, 0.15) is 5.56 Å². The Bertz CT molecular complexity index is 1030. The Hall–Kier alpha value is -3.92. The molecule has 1 heterocycles. The third kappa shape index (κ3) is 4.02. The third-order valence-corrected chi connectivity index (χ3v) is 3.82. The van der Waals surface area contributed by atoms with E-state index in [9.17, 15) is 14.4 Å². The minimum Gasteiger partial charge on any atom is -0.495 e. The van der Waals surface area contributed by atoms with Crippen molar-refractivity contribution in [3.05, 3.63) is 71.7 Å². The molecule has 0 saturated carbocycles. The number of H-pyrrole nitrogens is 1. The summed E-state index contributed by atoms with van der Waals surface area (Å²) in [6.07, 6.45) is 2.92. The fraction of sp³-hybridized carbons (Fsp3) is 0.0500. The van der Waals surface area contributed by atoms with E-state index in [0.29, 0.717) is 28.3 Å². The normalized spacial score (nSPS) is 10.9. The van der Waals surface area contributed by atoms with Crippen molar-refractivity contribution in [1.29, 1.82) is 5.26 Å². The summed E-state index contributed by atoms with van der Waals surface area (Å²) >= 11 is 0. The van der Waals surface area contributed by atoms with E-state index in [1.807, 2.05) is 6.07 Å². The number of halogens is 1. The Morgan fingerprint density at radius 3 is 2.70 bits per heavy atom. The van der Waals surface area contributed by atoms with Crippen molar-refractivity contribution in [3.63, 3.8) is 0 Å². The summed E-state index contributed by atoms with van der Waals surface area (Å²) in [6.45, 7) is 0. The van der Waals surface area contributed by atoms with E-state index in [2.05, 4.69) is 15.5 Å². The van der Waals surface area contributed by atoms with Gasteiger partial charge in [-0.05, 0) is 42.5 Å². The number of rotatable bonds is 5. The lowest BCUT2D eigenvalue weighted by atomic mass is 10.1. The van der Waals surface area contributed by atoms with E-state index >= 15 is 0 Å². The molecule has 0 bridgehead atoms. The molecule has 134 valence electrons. The fourth-order valence-electron chi connectivity index (χ4n) is 2.49. The number of para-hydroxylation sites is 2. The predicted molar refractivity (Wildman–Crippen MR) is 99.2 cm³/mol. The quantitative estimate of drug-likeness (QED) is 0.534. The highest BCUT2D eigenvalue weighted by Gasteiger charge is 2.14. The molecule has 0 spiro atoms. The number of nitrogens with one attached hydrogen (secondary N) is 2. The van der Waals surface area contributed by atoms with Crippen LogP contribution in [0, 0.1) is 17.1 Å². The first-order chi connectivity index (χ1) is 13.1. The van der Waals surface area contributed by atoms with Gasteiger partial charge in [-0.15, -0.1) is 0 Å². The molecule has 0 aliphatic rings. The Balaban J connectivity index is 1.89. The van der Waals surface area contributed by atoms with Crippen LogP contribution in [-0.4, -0.2) is 23.2 Å². The maximum absolute atomic E-state index is 13.1. The number of anilines is 1. The third-order valence-electron chi connectivity index (χ3n) is 3.82. The minimum absolute atomic E-state index is 0.106. The van der Waals surface area contributed by atoms with Crippen molar-refractivity contribution in [2.45, 2.75) is 0 Å². The largest absolute Gasteiger partial charge is 0.495 e. The number of ether oxygens (including phenoxy) is 1. The molecule has 27 heavy (non-hydrogen) atoms. The zero-order valence-electron chi connectivity index (χ0n) is 14.4. The smallest absolute Gasteiger partial charge is 0.266 e. The maximum Gasteiger partial charge on any atom is 0.266 e. The average molecular weight is 362 g/mol. The zero-order valence-corrected chi connectivity index (χ0v) is 14.4. The number of nitrogens with zero attached hydrogens (tertiary/aromatic N) is 2. The molecule has 0 aliphatic heterocycles. The van der Waals surface area contributed by atoms with E-state index < -0.39 is 5.91 Å². The van der Waals surface area contributed by atoms with Crippen LogP contribution in [0.15, 0.2) is 60.3 Å². The topological polar surface area (TPSA) is 90.8 Å². The number of benzene rings is 2. The highest BCUT2D eigenvalue weighted by Crippen LogP contribution is 2.25. The number of carbonyl (C=O) groups is 1. The zero-order chi connectivity index (χ0) is 19.2. The first-order valence-electron chi connectivity index (χ1n) is 7.98. The van der Waals surface area contributed by atoms with Gasteiger partial charge in [0.05, 0.1) is 24.7 Å². The SMILES string of the molecule is COc1ccccc1NC(=O)/C(C#N)=C/c1cn[nH]c1-c1ccc(F)cc1. The van der Waals surface area contributed by atoms with Gasteiger partial charge in [0, 0.05) is 11.1 Å². The summed E-state index contributed by atoms with van der Waals surface area (Å²) in [7, 11) is 1.49. The standard InChI is InChI=1S/C20H15FN4O2/c1-27-18-5-3-2-4-17(18)24-20(26)14(11-22)10-15-12-23-25-19(15)13-6-8-16(21)9-7-13/h2-10,12H,1H3,(H,23,25)(H,24,26)/b14-10+. The lowest BCUT2D eigenvalue weighted by Gasteiger charge is -2.09. The second-order valence-corrected chi connectivity index (χ2v) is 5.53. The molecule has 1 aromatic heterocycles. The molecule has 6 nitrogen and oxygen atoms in total. The molecular weight excluding hydrogens is 347 g/mol. The van der Waals surface area contributed by atoms with Crippen LogP contribution in [0.4, 0.5) is 10.1 Å². The molecule has 3 aromatic rings. The van der Waals surface area contributed by atoms with Crippen molar-refractivity contribution in [2.75, 3.05) is 12.4 Å². The molecule has 2 aromatic carbocycles. The highest BCUT2D eigenvalue weighted by molar-refractivity contribution is 6.10. The molecule has 2 N–H and O–H groups in total. The summed E-state index contributed by atoms with van der Waals surface area (Å²) in [4.78, 5) is 12.5.